The summed E-state index contributed by atoms with van der Waals surface area (Å²) in [5.74, 6) is -0.803. The molecule has 2 amide bonds. The van der Waals surface area contributed by atoms with Crippen molar-refractivity contribution < 1.29 is 19.2 Å². The van der Waals surface area contributed by atoms with E-state index in [2.05, 4.69) is 17.1 Å². The Hall–Kier alpha value is -1.99. The number of halogens is 1. The van der Waals surface area contributed by atoms with Gasteiger partial charge in [0.25, 0.3) is 5.91 Å². The summed E-state index contributed by atoms with van der Waals surface area (Å²) in [6.45, 7) is 3.39. The van der Waals surface area contributed by atoms with Crippen LogP contribution in [0.4, 0.5) is 4.39 Å². The molecule has 1 saturated heterocycles. The van der Waals surface area contributed by atoms with Crippen LogP contribution in [-0.2, 0) is 17.8 Å². The number of benzene rings is 1. The second kappa shape index (κ2) is 6.32. The fraction of sp³-hybridized carbons (Fsp3) is 0.579. The Labute approximate surface area is 151 Å². The van der Waals surface area contributed by atoms with E-state index in [-0.39, 0.29) is 29.0 Å². The molecule has 2 fully saturated rings. The zero-order valence-corrected chi connectivity index (χ0v) is 14.8. The van der Waals surface area contributed by atoms with E-state index in [9.17, 15) is 14.0 Å². The number of carbonyl (C=O) groups is 2. The molecule has 1 aromatic carbocycles. The number of fused-ring (bicyclic) bond motifs is 3. The van der Waals surface area contributed by atoms with Gasteiger partial charge in [0.15, 0.2) is 0 Å². The van der Waals surface area contributed by atoms with E-state index < -0.39 is 11.7 Å². The lowest BCUT2D eigenvalue weighted by molar-refractivity contribution is -0.124. The van der Waals surface area contributed by atoms with E-state index in [1.54, 1.807) is 11.5 Å². The highest BCUT2D eigenvalue weighted by Gasteiger charge is 2.51. The van der Waals surface area contributed by atoms with Gasteiger partial charge >= 0.3 is 0 Å². The Morgan fingerprint density at radius 2 is 2.31 bits per heavy atom. The van der Waals surface area contributed by atoms with Crippen molar-refractivity contribution in [1.29, 1.82) is 0 Å². The van der Waals surface area contributed by atoms with Crippen LogP contribution < -0.4 is 10.8 Å². The molecule has 3 atom stereocenters. The zero-order chi connectivity index (χ0) is 18.5. The third kappa shape index (κ3) is 2.79. The first kappa shape index (κ1) is 17.4. The Bertz CT molecular complexity index is 769. The average Bonchev–Trinajstić information content (AvgIpc) is 3.17. The van der Waals surface area contributed by atoms with Crippen LogP contribution in [0.3, 0.4) is 0 Å². The first-order valence-electron chi connectivity index (χ1n) is 9.26. The van der Waals surface area contributed by atoms with Crippen LogP contribution in [0.15, 0.2) is 12.1 Å². The molecule has 4 rings (SSSR count). The molecule has 1 aliphatic carbocycles. The summed E-state index contributed by atoms with van der Waals surface area (Å²) >= 11 is 0. The molecule has 0 spiro atoms. The minimum atomic E-state index is -0.712. The molecule has 0 radical (unpaired) electrons. The van der Waals surface area contributed by atoms with E-state index in [0.717, 1.165) is 37.8 Å². The number of piperidine rings is 1. The Kier molecular flexibility index (Phi) is 4.23. The van der Waals surface area contributed by atoms with Gasteiger partial charge in [-0.05, 0) is 55.4 Å². The van der Waals surface area contributed by atoms with Crippen LogP contribution in [-0.4, -0.2) is 40.0 Å². The smallest absolute Gasteiger partial charge is 0.274 e. The van der Waals surface area contributed by atoms with Gasteiger partial charge in [-0.3, -0.25) is 19.7 Å². The number of nitrogens with zero attached hydrogens (tertiary/aromatic N) is 1. The largest absolute Gasteiger partial charge is 0.349 e. The SMILES string of the molecule is CC[C@@H]1Cc2c(F)cc(C(=O)NO)cc2CN1CC12CCC(C1)C(=O)N2. The highest BCUT2D eigenvalue weighted by atomic mass is 19.1. The zero-order valence-electron chi connectivity index (χ0n) is 14.8. The van der Waals surface area contributed by atoms with Crippen molar-refractivity contribution in [3.05, 3.63) is 34.6 Å². The van der Waals surface area contributed by atoms with Crippen molar-refractivity contribution in [2.24, 2.45) is 5.92 Å². The molecule has 2 heterocycles. The second-order valence-electron chi connectivity index (χ2n) is 7.92. The number of carbonyl (C=O) groups excluding carboxylic acids is 2. The molecule has 2 aliphatic heterocycles. The van der Waals surface area contributed by atoms with Crippen LogP contribution in [0.2, 0.25) is 0 Å². The van der Waals surface area contributed by atoms with E-state index in [0.29, 0.717) is 18.5 Å². The van der Waals surface area contributed by atoms with E-state index in [1.165, 1.54) is 6.07 Å². The number of rotatable bonds is 4. The lowest BCUT2D eigenvalue weighted by atomic mass is 9.88. The summed E-state index contributed by atoms with van der Waals surface area (Å²) in [6.07, 6.45) is 4.30. The molecule has 0 aromatic heterocycles. The van der Waals surface area contributed by atoms with E-state index in [4.69, 9.17) is 5.21 Å². The first-order chi connectivity index (χ1) is 12.4. The second-order valence-corrected chi connectivity index (χ2v) is 7.92. The van der Waals surface area contributed by atoms with E-state index >= 15 is 0 Å². The highest BCUT2D eigenvalue weighted by Crippen LogP contribution is 2.42. The maximum absolute atomic E-state index is 14.5. The topological polar surface area (TPSA) is 81.7 Å². The standard InChI is InChI=1S/C19H24FN3O3/c1-2-14-7-15-13(5-12(6-16(15)20)18(25)22-26)9-23(14)10-19-4-3-11(8-19)17(24)21-19/h5-6,11,14,26H,2-4,7-10H2,1H3,(H,21,24)(H,22,25)/t11?,14-,19?/m1/s1. The molecule has 140 valence electrons. The van der Waals surface area contributed by atoms with Gasteiger partial charge < -0.3 is 5.32 Å². The molecule has 3 aliphatic rings. The average molecular weight is 361 g/mol. The van der Waals surface area contributed by atoms with E-state index in [1.807, 2.05) is 0 Å². The Balaban J connectivity index is 1.61. The van der Waals surface area contributed by atoms with Gasteiger partial charge in [-0.25, -0.2) is 9.87 Å². The molecule has 2 unspecified atom stereocenters. The molecule has 1 aromatic rings. The lowest BCUT2D eigenvalue weighted by Crippen LogP contribution is -2.54. The van der Waals surface area contributed by atoms with Gasteiger partial charge in [-0.15, -0.1) is 0 Å². The Morgan fingerprint density at radius 1 is 1.50 bits per heavy atom. The molecule has 2 bridgehead atoms. The number of hydrogen-bond donors (Lipinski definition) is 3. The fourth-order valence-corrected chi connectivity index (χ4v) is 4.96. The molecule has 1 saturated carbocycles. The first-order valence-corrected chi connectivity index (χ1v) is 9.26. The molecule has 3 N–H and O–H groups in total. The third-order valence-corrected chi connectivity index (χ3v) is 6.33. The number of amides is 2. The maximum atomic E-state index is 14.5. The van der Waals surface area contributed by atoms with Crippen molar-refractivity contribution in [3.8, 4) is 0 Å². The van der Waals surface area contributed by atoms with Crippen molar-refractivity contribution in [2.75, 3.05) is 6.54 Å². The van der Waals surface area contributed by atoms with Crippen LogP contribution in [0.1, 0.15) is 54.1 Å². The van der Waals surface area contributed by atoms with Crippen molar-refractivity contribution >= 4 is 11.8 Å². The van der Waals surface area contributed by atoms with Crippen LogP contribution in [0.25, 0.3) is 0 Å². The highest BCUT2D eigenvalue weighted by molar-refractivity contribution is 5.93. The summed E-state index contributed by atoms with van der Waals surface area (Å²) in [5.41, 5.74) is 2.95. The minimum absolute atomic E-state index is 0.118. The normalized spacial score (nSPS) is 30.2. The summed E-state index contributed by atoms with van der Waals surface area (Å²) in [5, 5.41) is 12.0. The molecular weight excluding hydrogens is 337 g/mol. The molecule has 7 heteroatoms. The van der Waals surface area contributed by atoms with Crippen molar-refractivity contribution in [2.45, 2.75) is 57.2 Å². The van der Waals surface area contributed by atoms with Gasteiger partial charge in [0.05, 0.1) is 5.54 Å². The predicted octanol–water partition coefficient (Wildman–Crippen LogP) is 1.75. The third-order valence-electron chi connectivity index (χ3n) is 6.33. The van der Waals surface area contributed by atoms with Crippen LogP contribution in [0, 0.1) is 11.7 Å². The van der Waals surface area contributed by atoms with Crippen molar-refractivity contribution in [1.82, 2.24) is 15.7 Å². The number of hydrogen-bond acceptors (Lipinski definition) is 4. The lowest BCUT2D eigenvalue weighted by Gasteiger charge is -2.42. The number of nitrogens with one attached hydrogen (secondary N) is 2. The summed E-state index contributed by atoms with van der Waals surface area (Å²) in [7, 11) is 0. The predicted molar refractivity (Wildman–Crippen MR) is 92.1 cm³/mol. The van der Waals surface area contributed by atoms with Crippen LogP contribution in [0.5, 0.6) is 0 Å². The number of hydroxylamine groups is 1. The quantitative estimate of drug-likeness (QED) is 0.564. The molecule has 6 nitrogen and oxygen atoms in total. The van der Waals surface area contributed by atoms with Gasteiger partial charge in [0.1, 0.15) is 5.82 Å². The van der Waals surface area contributed by atoms with Gasteiger partial charge in [-0.2, -0.15) is 0 Å². The monoisotopic (exact) mass is 361 g/mol. The molecule has 26 heavy (non-hydrogen) atoms. The fourth-order valence-electron chi connectivity index (χ4n) is 4.96. The summed E-state index contributed by atoms with van der Waals surface area (Å²) < 4.78 is 14.5. The Morgan fingerprint density at radius 3 is 2.92 bits per heavy atom. The maximum Gasteiger partial charge on any atom is 0.274 e. The summed E-state index contributed by atoms with van der Waals surface area (Å²) in [6, 6.07) is 3.05. The van der Waals surface area contributed by atoms with Crippen LogP contribution >= 0.6 is 0 Å². The van der Waals surface area contributed by atoms with Gasteiger partial charge in [-0.1, -0.05) is 6.92 Å². The van der Waals surface area contributed by atoms with Gasteiger partial charge in [0, 0.05) is 30.6 Å². The summed E-state index contributed by atoms with van der Waals surface area (Å²) in [4.78, 5) is 26.0. The van der Waals surface area contributed by atoms with Crippen molar-refractivity contribution in [3.63, 3.8) is 0 Å². The minimum Gasteiger partial charge on any atom is -0.349 e. The van der Waals surface area contributed by atoms with Gasteiger partial charge in [0.2, 0.25) is 5.91 Å². The molecular formula is C19H24FN3O3.